The third-order valence-electron chi connectivity index (χ3n) is 4.10. The van der Waals surface area contributed by atoms with E-state index in [2.05, 4.69) is 0 Å². The monoisotopic (exact) mass is 318 g/mol. The van der Waals surface area contributed by atoms with Crippen molar-refractivity contribution in [1.29, 1.82) is 0 Å². The van der Waals surface area contributed by atoms with Crippen molar-refractivity contribution in [1.82, 2.24) is 4.90 Å². The van der Waals surface area contributed by atoms with Crippen LogP contribution in [-0.4, -0.2) is 50.1 Å². The number of carbonyl (C=O) groups excluding carboxylic acids is 2. The molecule has 0 aliphatic carbocycles. The van der Waals surface area contributed by atoms with Gasteiger partial charge in [0, 0.05) is 32.4 Å². The van der Waals surface area contributed by atoms with Crippen LogP contribution in [0.5, 0.6) is 0 Å². The van der Waals surface area contributed by atoms with Gasteiger partial charge in [-0.25, -0.2) is 0 Å². The van der Waals surface area contributed by atoms with Crippen molar-refractivity contribution in [2.24, 2.45) is 5.92 Å². The normalized spacial score (nSPS) is 17.3. The molecule has 1 fully saturated rings. The topological polar surface area (TPSA) is 49.9 Å². The van der Waals surface area contributed by atoms with E-state index in [4.69, 9.17) is 4.74 Å². The maximum Gasteiger partial charge on any atom is 0.232 e. The highest BCUT2D eigenvalue weighted by Gasteiger charge is 2.30. The summed E-state index contributed by atoms with van der Waals surface area (Å²) in [6, 6.07) is 7.77. The summed E-state index contributed by atoms with van der Waals surface area (Å²) < 4.78 is 5.34. The summed E-state index contributed by atoms with van der Waals surface area (Å²) in [5, 5.41) is 0. The number of hydrogen-bond donors (Lipinski definition) is 0. The first kappa shape index (κ1) is 17.5. The second-order valence-electron chi connectivity index (χ2n) is 6.49. The van der Waals surface area contributed by atoms with E-state index in [1.54, 1.807) is 19.0 Å². The molecule has 0 saturated carbocycles. The number of likely N-dealkylation sites (N-methyl/N-ethyl adjacent to an activating group) is 1. The fraction of sp³-hybridized carbons (Fsp3) is 0.556. The minimum Gasteiger partial charge on any atom is -0.381 e. The minimum atomic E-state index is -0.0487. The molecule has 1 aromatic carbocycles. The third kappa shape index (κ3) is 4.32. The van der Waals surface area contributed by atoms with Gasteiger partial charge in [0.1, 0.15) is 0 Å². The number of rotatable bonds is 5. The van der Waals surface area contributed by atoms with Gasteiger partial charge in [0.2, 0.25) is 11.8 Å². The van der Waals surface area contributed by atoms with Gasteiger partial charge in [-0.3, -0.25) is 9.59 Å². The van der Waals surface area contributed by atoms with Crippen molar-refractivity contribution >= 4 is 17.5 Å². The van der Waals surface area contributed by atoms with Crippen LogP contribution in [0.15, 0.2) is 24.3 Å². The van der Waals surface area contributed by atoms with Gasteiger partial charge >= 0.3 is 0 Å². The Hall–Kier alpha value is -1.88. The summed E-state index contributed by atoms with van der Waals surface area (Å²) in [6.07, 6.45) is 1.16. The average molecular weight is 318 g/mol. The molecule has 2 rings (SSSR count). The van der Waals surface area contributed by atoms with Crippen molar-refractivity contribution < 1.29 is 14.3 Å². The van der Waals surface area contributed by atoms with Gasteiger partial charge < -0.3 is 14.5 Å². The lowest BCUT2D eigenvalue weighted by molar-refractivity contribution is -0.128. The summed E-state index contributed by atoms with van der Waals surface area (Å²) >= 11 is 0. The summed E-state index contributed by atoms with van der Waals surface area (Å²) in [7, 11) is 3.50. The van der Waals surface area contributed by atoms with Crippen molar-refractivity contribution in [3.8, 4) is 0 Å². The lowest BCUT2D eigenvalue weighted by Crippen LogP contribution is -2.41. The molecular formula is C18H26N2O3. The van der Waals surface area contributed by atoms with Crippen LogP contribution in [0.3, 0.4) is 0 Å². The lowest BCUT2D eigenvalue weighted by atomic mass is 10.0. The molecule has 2 amide bonds. The molecule has 1 saturated heterocycles. The molecule has 1 aromatic rings. The number of carbonyl (C=O) groups is 2. The largest absolute Gasteiger partial charge is 0.381 e. The van der Waals surface area contributed by atoms with E-state index in [0.717, 1.165) is 17.7 Å². The number of anilines is 1. The van der Waals surface area contributed by atoms with Crippen LogP contribution in [0.1, 0.15) is 25.8 Å². The number of benzene rings is 1. The highest BCUT2D eigenvalue weighted by Crippen LogP contribution is 2.24. The molecule has 1 heterocycles. The van der Waals surface area contributed by atoms with Gasteiger partial charge in [-0.1, -0.05) is 12.1 Å². The lowest BCUT2D eigenvalue weighted by Gasteiger charge is -2.29. The predicted molar refractivity (Wildman–Crippen MR) is 90.4 cm³/mol. The Balaban J connectivity index is 2.13. The third-order valence-corrected chi connectivity index (χ3v) is 4.10. The van der Waals surface area contributed by atoms with Gasteiger partial charge in [-0.2, -0.15) is 0 Å². The minimum absolute atomic E-state index is 0.0487. The quantitative estimate of drug-likeness (QED) is 0.835. The number of nitrogens with zero attached hydrogens (tertiary/aromatic N) is 2. The molecule has 126 valence electrons. The van der Waals surface area contributed by atoms with Crippen molar-refractivity contribution in [2.45, 2.75) is 32.7 Å². The molecule has 0 aromatic heterocycles. The van der Waals surface area contributed by atoms with E-state index in [1.807, 2.05) is 43.0 Å². The van der Waals surface area contributed by atoms with Crippen molar-refractivity contribution in [3.05, 3.63) is 29.8 Å². The first-order chi connectivity index (χ1) is 10.9. The van der Waals surface area contributed by atoms with Gasteiger partial charge in [-0.05, 0) is 38.0 Å². The molecular weight excluding hydrogens is 292 g/mol. The molecule has 0 bridgehead atoms. The second-order valence-corrected chi connectivity index (χ2v) is 6.49. The second kappa shape index (κ2) is 7.59. The Morgan fingerprint density at radius 2 is 1.87 bits per heavy atom. The zero-order chi connectivity index (χ0) is 17.0. The fourth-order valence-electron chi connectivity index (χ4n) is 2.71. The standard InChI is InChI=1S/C18H26N2O3/c1-13(2)20(18(22)15-9-10-23-12-15)16-7-5-14(6-8-16)11-17(21)19(3)4/h5-8,13,15H,9-12H2,1-4H3/t15-/m0/s1. The molecule has 5 heteroatoms. The van der Waals surface area contributed by atoms with Crippen molar-refractivity contribution in [3.63, 3.8) is 0 Å². The van der Waals surface area contributed by atoms with Gasteiger partial charge in [0.15, 0.2) is 0 Å². The molecule has 0 unspecified atom stereocenters. The summed E-state index contributed by atoms with van der Waals surface area (Å²) in [5.41, 5.74) is 1.82. The fourth-order valence-corrected chi connectivity index (χ4v) is 2.71. The maximum absolute atomic E-state index is 12.7. The Kier molecular flexibility index (Phi) is 5.77. The first-order valence-corrected chi connectivity index (χ1v) is 8.10. The summed E-state index contributed by atoms with van der Waals surface area (Å²) in [6.45, 7) is 5.19. The van der Waals surface area contributed by atoms with Crippen LogP contribution in [-0.2, 0) is 20.7 Å². The Morgan fingerprint density at radius 1 is 1.22 bits per heavy atom. The number of ether oxygens (including phenoxy) is 1. The van der Waals surface area contributed by atoms with E-state index in [-0.39, 0.29) is 23.8 Å². The summed E-state index contributed by atoms with van der Waals surface area (Å²) in [4.78, 5) is 27.9. The van der Waals surface area contributed by atoms with Crippen LogP contribution in [0.2, 0.25) is 0 Å². The first-order valence-electron chi connectivity index (χ1n) is 8.10. The average Bonchev–Trinajstić information content (AvgIpc) is 3.03. The van der Waals surface area contributed by atoms with Crippen molar-refractivity contribution in [2.75, 3.05) is 32.2 Å². The molecule has 1 aliphatic rings. The van der Waals surface area contributed by atoms with Crippen LogP contribution in [0.25, 0.3) is 0 Å². The molecule has 0 radical (unpaired) electrons. The van der Waals surface area contributed by atoms with Crippen LogP contribution >= 0.6 is 0 Å². The van der Waals surface area contributed by atoms with E-state index < -0.39 is 0 Å². The molecule has 1 atom stereocenters. The predicted octanol–water partition coefficient (Wildman–Crippen LogP) is 2.10. The molecule has 23 heavy (non-hydrogen) atoms. The van der Waals surface area contributed by atoms with Crippen LogP contribution in [0, 0.1) is 5.92 Å². The zero-order valence-electron chi connectivity index (χ0n) is 14.4. The summed E-state index contributed by atoms with van der Waals surface area (Å²) in [5.74, 6) is 0.139. The van der Waals surface area contributed by atoms with Crippen LogP contribution < -0.4 is 4.90 Å². The van der Waals surface area contributed by atoms with Gasteiger partial charge in [-0.15, -0.1) is 0 Å². The molecule has 0 N–H and O–H groups in total. The SMILES string of the molecule is CC(C)N(C(=O)[C@H]1CCOC1)c1ccc(CC(=O)N(C)C)cc1. The molecule has 0 spiro atoms. The van der Waals surface area contributed by atoms with Gasteiger partial charge in [0.05, 0.1) is 18.9 Å². The molecule has 5 nitrogen and oxygen atoms in total. The number of amides is 2. The smallest absolute Gasteiger partial charge is 0.232 e. The highest BCUT2D eigenvalue weighted by molar-refractivity contribution is 5.95. The van der Waals surface area contributed by atoms with E-state index in [9.17, 15) is 9.59 Å². The maximum atomic E-state index is 12.7. The Labute approximate surface area is 138 Å². The Bertz CT molecular complexity index is 546. The van der Waals surface area contributed by atoms with Gasteiger partial charge in [0.25, 0.3) is 0 Å². The Morgan fingerprint density at radius 3 is 2.35 bits per heavy atom. The van der Waals surface area contributed by atoms with Crippen LogP contribution in [0.4, 0.5) is 5.69 Å². The van der Waals surface area contributed by atoms with E-state index in [0.29, 0.717) is 19.6 Å². The van der Waals surface area contributed by atoms with E-state index in [1.165, 1.54) is 0 Å². The number of hydrogen-bond acceptors (Lipinski definition) is 3. The highest BCUT2D eigenvalue weighted by atomic mass is 16.5. The molecule has 1 aliphatic heterocycles. The van der Waals surface area contributed by atoms with E-state index >= 15 is 0 Å². The zero-order valence-corrected chi connectivity index (χ0v) is 14.4.